The van der Waals surface area contributed by atoms with E-state index in [0.29, 0.717) is 54.2 Å². The number of nitrogens with zero attached hydrogens (tertiary/aromatic N) is 8. The van der Waals surface area contributed by atoms with Crippen molar-refractivity contribution in [3.8, 4) is 22.8 Å². The van der Waals surface area contributed by atoms with Gasteiger partial charge in [-0.1, -0.05) is 18.2 Å². The van der Waals surface area contributed by atoms with Crippen LogP contribution in [0.5, 0.6) is 11.5 Å². The molecule has 2 aromatic heterocycles. The maximum Gasteiger partial charge on any atom is 0.262 e. The lowest BCUT2D eigenvalue weighted by atomic mass is 9.94. The van der Waals surface area contributed by atoms with Gasteiger partial charge in [0.25, 0.3) is 11.8 Å². The minimum absolute atomic E-state index is 0.0441. The first-order valence-electron chi connectivity index (χ1n) is 20.6. The number of para-hydroxylation sites is 1. The Kier molecular flexibility index (Phi) is 10.7. The number of amides is 3. The van der Waals surface area contributed by atoms with Crippen molar-refractivity contribution in [3.05, 3.63) is 90.3 Å². The zero-order valence-electron chi connectivity index (χ0n) is 33.3. The van der Waals surface area contributed by atoms with Gasteiger partial charge in [0.05, 0.1) is 22.6 Å². The van der Waals surface area contributed by atoms with Crippen molar-refractivity contribution in [2.24, 2.45) is 0 Å². The Morgan fingerprint density at radius 1 is 0.900 bits per heavy atom. The van der Waals surface area contributed by atoms with Gasteiger partial charge in [-0.25, -0.2) is 19.0 Å². The number of likely N-dealkylation sites (N-methyl/N-ethyl adjacent to an activating group) is 1. The van der Waals surface area contributed by atoms with Gasteiger partial charge in [-0.2, -0.15) is 5.10 Å². The first-order valence-corrected chi connectivity index (χ1v) is 20.6. The van der Waals surface area contributed by atoms with Crippen LogP contribution in [0.2, 0.25) is 0 Å². The second-order valence-electron chi connectivity index (χ2n) is 16.0. The second kappa shape index (κ2) is 16.4. The number of imide groups is 1. The van der Waals surface area contributed by atoms with Crippen LogP contribution < -0.4 is 20.7 Å². The van der Waals surface area contributed by atoms with E-state index in [-0.39, 0.29) is 42.1 Å². The zero-order chi connectivity index (χ0) is 41.5. The number of nitrogen functional groups attached to an aromatic ring is 1. The fraction of sp³-hybridized carbons (Fsp3) is 0.386. The van der Waals surface area contributed by atoms with Gasteiger partial charge in [0.15, 0.2) is 5.65 Å². The van der Waals surface area contributed by atoms with Crippen molar-refractivity contribution < 1.29 is 28.3 Å². The highest BCUT2D eigenvalue weighted by Crippen LogP contribution is 2.37. The predicted octanol–water partition coefficient (Wildman–Crippen LogP) is 4.50. The molecule has 6 heterocycles. The van der Waals surface area contributed by atoms with Crippen molar-refractivity contribution in [1.82, 2.24) is 39.8 Å². The topological polar surface area (TPSA) is 172 Å². The minimum Gasteiger partial charge on any atom is -0.457 e. The molecule has 60 heavy (non-hydrogen) atoms. The second-order valence-corrected chi connectivity index (χ2v) is 16.0. The molecule has 3 saturated heterocycles. The summed E-state index contributed by atoms with van der Waals surface area (Å²) in [6.07, 6.45) is 3.57. The lowest BCUT2D eigenvalue weighted by molar-refractivity contribution is -0.124. The third-order valence-electron chi connectivity index (χ3n) is 12.5. The summed E-state index contributed by atoms with van der Waals surface area (Å²) in [4.78, 5) is 66.8. The third kappa shape index (κ3) is 7.23. The smallest absolute Gasteiger partial charge is 0.262 e. The number of anilines is 2. The molecule has 0 spiro atoms. The molecule has 15 nitrogen and oxygen atoms in total. The Bertz CT molecular complexity index is 2420. The van der Waals surface area contributed by atoms with Gasteiger partial charge >= 0.3 is 0 Å². The molecule has 3 amide bonds. The highest BCUT2D eigenvalue weighted by molar-refractivity contribution is 6.23. The largest absolute Gasteiger partial charge is 0.457 e. The van der Waals surface area contributed by atoms with Gasteiger partial charge in [0.1, 0.15) is 47.8 Å². The average Bonchev–Trinajstić information content (AvgIpc) is 3.76. The molecule has 3 aromatic carbocycles. The van der Waals surface area contributed by atoms with Gasteiger partial charge in [-0.3, -0.25) is 29.1 Å². The summed E-state index contributed by atoms with van der Waals surface area (Å²) < 4.78 is 24.0. The first-order chi connectivity index (χ1) is 29.2. The molecule has 0 saturated carbocycles. The van der Waals surface area contributed by atoms with Crippen LogP contribution in [0.15, 0.2) is 79.1 Å². The van der Waals surface area contributed by atoms with Gasteiger partial charge < -0.3 is 25.5 Å². The number of ether oxygens (including phenoxy) is 1. The van der Waals surface area contributed by atoms with Crippen molar-refractivity contribution >= 4 is 46.5 Å². The Morgan fingerprint density at radius 3 is 2.33 bits per heavy atom. The van der Waals surface area contributed by atoms with E-state index in [0.717, 1.165) is 60.8 Å². The number of aldehydes is 1. The van der Waals surface area contributed by atoms with Crippen LogP contribution >= 0.6 is 0 Å². The molecule has 3 fully saturated rings. The summed E-state index contributed by atoms with van der Waals surface area (Å²) in [5.41, 5.74) is 9.99. The maximum atomic E-state index is 16.1. The van der Waals surface area contributed by atoms with Crippen molar-refractivity contribution in [2.45, 2.75) is 62.4 Å². The van der Waals surface area contributed by atoms with Crippen LogP contribution in [0.4, 0.5) is 15.9 Å². The molecule has 3 N–H and O–H groups in total. The van der Waals surface area contributed by atoms with E-state index < -0.39 is 29.9 Å². The molecule has 3 atom stereocenters. The van der Waals surface area contributed by atoms with E-state index >= 15 is 4.39 Å². The number of aromatic nitrogens is 4. The average molecular weight is 815 g/mol. The number of fused-ring (bicyclic) bond motifs is 2. The van der Waals surface area contributed by atoms with E-state index in [1.807, 2.05) is 65.3 Å². The number of rotatable bonds is 12. The molecule has 16 heteroatoms. The third-order valence-corrected chi connectivity index (χ3v) is 12.5. The number of carbonyl (C=O) groups is 4. The lowest BCUT2D eigenvalue weighted by Crippen LogP contribution is -2.64. The summed E-state index contributed by atoms with van der Waals surface area (Å²) in [5.74, 6) is 0.255. The van der Waals surface area contributed by atoms with Crippen LogP contribution in [0, 0.1) is 0 Å². The number of benzene rings is 3. The molecule has 5 aromatic rings. The fourth-order valence-corrected chi connectivity index (χ4v) is 9.27. The van der Waals surface area contributed by atoms with Crippen molar-refractivity contribution in [2.75, 3.05) is 56.9 Å². The molecule has 3 unspecified atom stereocenters. The summed E-state index contributed by atoms with van der Waals surface area (Å²) in [5, 5.41) is 8.28. The first kappa shape index (κ1) is 39.2. The molecular formula is C44H47FN10O5. The Morgan fingerprint density at radius 2 is 1.62 bits per heavy atom. The Hall–Kier alpha value is -6.26. The van der Waals surface area contributed by atoms with Crippen LogP contribution in [0.3, 0.4) is 0 Å². The number of hydrogen-bond acceptors (Lipinski definition) is 12. The Labute approximate surface area is 346 Å². The van der Waals surface area contributed by atoms with Crippen molar-refractivity contribution in [1.29, 1.82) is 0 Å². The van der Waals surface area contributed by atoms with Gasteiger partial charge in [-0.15, -0.1) is 0 Å². The monoisotopic (exact) mass is 814 g/mol. The van der Waals surface area contributed by atoms with Crippen LogP contribution in [0.1, 0.15) is 58.9 Å². The van der Waals surface area contributed by atoms with Crippen LogP contribution in [0.25, 0.3) is 22.3 Å². The highest BCUT2D eigenvalue weighted by Gasteiger charge is 2.44. The SMILES string of the molecule is CNC(=O)C(CCC=O)N1C(=O)c2ccc(N3CC(N4CCC(N5CCC(n6nc(-c7ccc(Oc8ccccc8)cc7)c7c(N)ncnc76)CC5)C(F)C4)C3)cc2C1=O. The van der Waals surface area contributed by atoms with E-state index in [2.05, 4.69) is 30.0 Å². The molecule has 4 aliphatic heterocycles. The summed E-state index contributed by atoms with van der Waals surface area (Å²) in [6.45, 7) is 3.98. The molecule has 310 valence electrons. The fourth-order valence-electron chi connectivity index (χ4n) is 9.27. The van der Waals surface area contributed by atoms with Gasteiger partial charge in [-0.05, 0) is 80.3 Å². The lowest BCUT2D eigenvalue weighted by Gasteiger charge is -2.51. The number of nitrogens with one attached hydrogen (secondary N) is 1. The summed E-state index contributed by atoms with van der Waals surface area (Å²) in [7, 11) is 1.43. The zero-order valence-corrected chi connectivity index (χ0v) is 33.3. The number of likely N-dealkylation sites (tertiary alicyclic amines) is 2. The molecule has 4 aliphatic rings. The summed E-state index contributed by atoms with van der Waals surface area (Å²) >= 11 is 0. The molecule has 0 bridgehead atoms. The van der Waals surface area contributed by atoms with E-state index in [1.165, 1.54) is 13.4 Å². The predicted molar refractivity (Wildman–Crippen MR) is 223 cm³/mol. The normalized spacial score (nSPS) is 20.9. The standard InChI is InChI=1S/C44H47FN10O5/c1-47-42(57)37(8-5-21-56)54-43(58)33-14-11-29(22-34(33)44(54)59)53-23-30(24-53)52-20-17-36(35(45)25-52)51-18-15-28(16-19-51)55-41-38(40(46)48-26-49-41)39(50-55)27-9-12-32(13-10-27)60-31-6-3-2-4-7-31/h2-4,6-7,9-14,21-22,26,28,30,35-37H,5,8,15-20,23-25H2,1H3,(H,47,57)(H2,46,48,49). The minimum atomic E-state index is -1.07. The molecular weight excluding hydrogens is 768 g/mol. The maximum absolute atomic E-state index is 16.1. The van der Waals surface area contributed by atoms with Crippen LogP contribution in [-0.4, -0.2) is 129 Å². The van der Waals surface area contributed by atoms with E-state index in [9.17, 15) is 19.2 Å². The van der Waals surface area contributed by atoms with E-state index in [4.69, 9.17) is 15.6 Å². The summed E-state index contributed by atoms with van der Waals surface area (Å²) in [6, 6.07) is 21.5. The van der Waals surface area contributed by atoms with Gasteiger partial charge in [0.2, 0.25) is 5.91 Å². The van der Waals surface area contributed by atoms with Crippen molar-refractivity contribution in [3.63, 3.8) is 0 Å². The molecule has 9 rings (SSSR count). The number of carbonyl (C=O) groups excluding carboxylic acids is 4. The number of halogens is 1. The molecule has 0 aliphatic carbocycles. The number of hydrogen-bond donors (Lipinski definition) is 2. The number of piperidine rings is 2. The quantitative estimate of drug-likeness (QED) is 0.134. The highest BCUT2D eigenvalue weighted by atomic mass is 19.1. The molecule has 0 radical (unpaired) electrons. The Balaban J connectivity index is 0.798. The number of nitrogens with two attached hydrogens (primary N) is 1. The number of alkyl halides is 1. The van der Waals surface area contributed by atoms with E-state index in [1.54, 1.807) is 12.1 Å². The van der Waals surface area contributed by atoms with Crippen LogP contribution in [-0.2, 0) is 9.59 Å². The van der Waals surface area contributed by atoms with Gasteiger partial charge in [0, 0.05) is 76.1 Å².